The van der Waals surface area contributed by atoms with Crippen LogP contribution in [-0.4, -0.2) is 46.3 Å². The number of aromatic nitrogens is 2. The molecule has 1 amide bonds. The highest BCUT2D eigenvalue weighted by molar-refractivity contribution is 5.94. The first kappa shape index (κ1) is 20.0. The normalized spacial score (nSPS) is 24.8. The zero-order valence-electron chi connectivity index (χ0n) is 18.3. The third kappa shape index (κ3) is 4.02. The molecule has 6 rings (SSSR count). The number of aryl methyl sites for hydroxylation is 2. The number of nitrogens with one attached hydrogen (secondary N) is 1. The molecule has 3 fully saturated rings. The van der Waals surface area contributed by atoms with Gasteiger partial charge in [-0.25, -0.2) is 0 Å². The summed E-state index contributed by atoms with van der Waals surface area (Å²) in [6.07, 6.45) is 2.35. The van der Waals surface area contributed by atoms with Crippen molar-refractivity contribution in [3.05, 3.63) is 77.5 Å². The van der Waals surface area contributed by atoms with E-state index >= 15 is 0 Å². The van der Waals surface area contributed by atoms with Gasteiger partial charge in [0.05, 0.1) is 5.69 Å². The van der Waals surface area contributed by atoms with E-state index in [1.807, 2.05) is 37.3 Å². The van der Waals surface area contributed by atoms with E-state index in [0.29, 0.717) is 17.9 Å². The van der Waals surface area contributed by atoms with E-state index in [1.165, 1.54) is 23.2 Å². The molecule has 2 bridgehead atoms. The Hall–Kier alpha value is -2.92. The number of benzene rings is 2. The minimum absolute atomic E-state index is 0.0262. The predicted octanol–water partition coefficient (Wildman–Crippen LogP) is 4.00. The molecule has 1 unspecified atom stereocenters. The average molecular weight is 415 g/mol. The van der Waals surface area contributed by atoms with E-state index in [0.717, 1.165) is 37.3 Å². The fourth-order valence-electron chi connectivity index (χ4n) is 5.28. The van der Waals surface area contributed by atoms with Crippen molar-refractivity contribution in [2.45, 2.75) is 31.7 Å². The minimum atomic E-state index is 0.0262. The van der Waals surface area contributed by atoms with Gasteiger partial charge in [-0.1, -0.05) is 48.0 Å². The van der Waals surface area contributed by atoms with Gasteiger partial charge < -0.3 is 5.32 Å². The SMILES string of the molecule is Cc1ccc(C(=O)NC[C@H]2C[C@H]3CCN2C[C@@H]3c2cc(-c3ccccc3)nn2C)cc1. The Morgan fingerprint density at radius 3 is 2.61 bits per heavy atom. The number of amides is 1. The number of carbonyl (C=O) groups excluding carboxylic acids is 1. The number of rotatable bonds is 5. The zero-order chi connectivity index (χ0) is 21.4. The van der Waals surface area contributed by atoms with Gasteiger partial charge in [0, 0.05) is 48.9 Å². The summed E-state index contributed by atoms with van der Waals surface area (Å²) in [5.74, 6) is 1.18. The topological polar surface area (TPSA) is 50.2 Å². The van der Waals surface area contributed by atoms with Crippen LogP contribution in [0.2, 0.25) is 0 Å². The molecular weight excluding hydrogens is 384 g/mol. The number of piperidine rings is 3. The van der Waals surface area contributed by atoms with Crippen molar-refractivity contribution in [1.82, 2.24) is 20.0 Å². The van der Waals surface area contributed by atoms with Gasteiger partial charge in [-0.2, -0.15) is 5.10 Å². The fraction of sp³-hybridized carbons (Fsp3) is 0.385. The van der Waals surface area contributed by atoms with Crippen molar-refractivity contribution in [3.8, 4) is 11.3 Å². The van der Waals surface area contributed by atoms with Crippen LogP contribution in [-0.2, 0) is 7.05 Å². The van der Waals surface area contributed by atoms with Crippen LogP contribution >= 0.6 is 0 Å². The molecule has 0 saturated carbocycles. The van der Waals surface area contributed by atoms with E-state index in [4.69, 9.17) is 5.10 Å². The Labute approximate surface area is 184 Å². The standard InChI is InChI=1S/C26H30N4O/c1-18-8-10-20(11-9-18)26(31)27-16-22-14-21-12-13-30(22)17-23(21)25-15-24(28-29(25)2)19-6-4-3-5-7-19/h3-11,15,21-23H,12-14,16-17H2,1-2H3,(H,27,31)/t21-,22-,23+/m1/s1. The first-order valence-corrected chi connectivity index (χ1v) is 11.3. The molecule has 4 heterocycles. The zero-order valence-corrected chi connectivity index (χ0v) is 18.3. The maximum Gasteiger partial charge on any atom is 0.251 e. The van der Waals surface area contributed by atoms with Crippen molar-refractivity contribution in [1.29, 1.82) is 0 Å². The van der Waals surface area contributed by atoms with Crippen molar-refractivity contribution in [2.24, 2.45) is 13.0 Å². The third-order valence-corrected chi connectivity index (χ3v) is 7.06. The summed E-state index contributed by atoms with van der Waals surface area (Å²) in [5.41, 5.74) is 5.46. The van der Waals surface area contributed by atoms with Gasteiger partial charge in [0.25, 0.3) is 5.91 Å². The summed E-state index contributed by atoms with van der Waals surface area (Å²) in [7, 11) is 2.07. The smallest absolute Gasteiger partial charge is 0.251 e. The van der Waals surface area contributed by atoms with E-state index in [-0.39, 0.29) is 5.91 Å². The van der Waals surface area contributed by atoms with Gasteiger partial charge in [-0.3, -0.25) is 14.4 Å². The monoisotopic (exact) mass is 414 g/mol. The van der Waals surface area contributed by atoms with Gasteiger partial charge >= 0.3 is 0 Å². The Morgan fingerprint density at radius 2 is 1.90 bits per heavy atom. The van der Waals surface area contributed by atoms with Crippen molar-refractivity contribution >= 4 is 5.91 Å². The van der Waals surface area contributed by atoms with Crippen LogP contribution in [0.4, 0.5) is 0 Å². The Morgan fingerprint density at radius 1 is 1.13 bits per heavy atom. The molecule has 3 aliphatic rings. The molecule has 0 aliphatic carbocycles. The van der Waals surface area contributed by atoms with Gasteiger partial charge in [0.15, 0.2) is 0 Å². The van der Waals surface area contributed by atoms with Crippen LogP contribution in [0.3, 0.4) is 0 Å². The van der Waals surface area contributed by atoms with Crippen LogP contribution in [0.5, 0.6) is 0 Å². The number of carbonyl (C=O) groups is 1. The second-order valence-electron chi connectivity index (χ2n) is 9.06. The average Bonchev–Trinajstić information content (AvgIpc) is 3.20. The largest absolute Gasteiger partial charge is 0.350 e. The molecule has 0 radical (unpaired) electrons. The lowest BCUT2D eigenvalue weighted by Crippen LogP contribution is -2.56. The summed E-state index contributed by atoms with van der Waals surface area (Å²) in [4.78, 5) is 15.1. The van der Waals surface area contributed by atoms with Gasteiger partial charge in [0.1, 0.15) is 0 Å². The minimum Gasteiger partial charge on any atom is -0.350 e. The lowest BCUT2D eigenvalue weighted by Gasteiger charge is -2.50. The first-order chi connectivity index (χ1) is 15.1. The molecule has 5 nitrogen and oxygen atoms in total. The van der Waals surface area contributed by atoms with Crippen molar-refractivity contribution in [2.75, 3.05) is 19.6 Å². The number of hydrogen-bond donors (Lipinski definition) is 1. The molecule has 31 heavy (non-hydrogen) atoms. The third-order valence-electron chi connectivity index (χ3n) is 7.06. The van der Waals surface area contributed by atoms with Crippen molar-refractivity contribution in [3.63, 3.8) is 0 Å². The molecule has 1 aromatic heterocycles. The molecule has 5 heteroatoms. The molecular formula is C26H30N4O. The number of fused-ring (bicyclic) bond motifs is 3. The summed E-state index contributed by atoms with van der Waals surface area (Å²) in [6, 6.07) is 20.9. The van der Waals surface area contributed by atoms with Crippen LogP contribution in [0.1, 0.15) is 40.4 Å². The molecule has 3 aromatic rings. The highest BCUT2D eigenvalue weighted by Gasteiger charge is 2.41. The summed E-state index contributed by atoms with van der Waals surface area (Å²) < 4.78 is 2.07. The number of nitrogens with zero attached hydrogens (tertiary/aromatic N) is 3. The highest BCUT2D eigenvalue weighted by atomic mass is 16.1. The predicted molar refractivity (Wildman–Crippen MR) is 123 cm³/mol. The van der Waals surface area contributed by atoms with Crippen LogP contribution < -0.4 is 5.32 Å². The number of hydrogen-bond acceptors (Lipinski definition) is 3. The van der Waals surface area contributed by atoms with E-state index < -0.39 is 0 Å². The first-order valence-electron chi connectivity index (χ1n) is 11.3. The molecule has 1 N–H and O–H groups in total. The summed E-state index contributed by atoms with van der Waals surface area (Å²) >= 11 is 0. The lowest BCUT2D eigenvalue weighted by atomic mass is 9.74. The van der Waals surface area contributed by atoms with Crippen LogP contribution in [0, 0.1) is 12.8 Å². The molecule has 2 aromatic carbocycles. The maximum atomic E-state index is 12.5. The fourth-order valence-corrected chi connectivity index (χ4v) is 5.28. The second kappa shape index (κ2) is 8.31. The van der Waals surface area contributed by atoms with E-state index in [9.17, 15) is 4.79 Å². The Bertz CT molecular complexity index is 1060. The van der Waals surface area contributed by atoms with Crippen molar-refractivity contribution < 1.29 is 4.79 Å². The van der Waals surface area contributed by atoms with Gasteiger partial charge in [-0.15, -0.1) is 0 Å². The van der Waals surface area contributed by atoms with E-state index in [1.54, 1.807) is 0 Å². The molecule has 160 valence electrons. The van der Waals surface area contributed by atoms with Gasteiger partial charge in [-0.05, 0) is 50.4 Å². The summed E-state index contributed by atoms with van der Waals surface area (Å²) in [5, 5.41) is 7.97. The maximum absolute atomic E-state index is 12.5. The van der Waals surface area contributed by atoms with Gasteiger partial charge in [0.2, 0.25) is 0 Å². The Kier molecular flexibility index (Phi) is 5.36. The summed E-state index contributed by atoms with van der Waals surface area (Å²) in [6.45, 7) is 4.92. The Balaban J connectivity index is 1.25. The molecule has 4 atom stereocenters. The second-order valence-corrected chi connectivity index (χ2v) is 9.06. The van der Waals surface area contributed by atoms with Crippen LogP contribution in [0.25, 0.3) is 11.3 Å². The van der Waals surface area contributed by atoms with E-state index in [2.05, 4.69) is 52.3 Å². The molecule has 3 saturated heterocycles. The van der Waals surface area contributed by atoms with Crippen LogP contribution in [0.15, 0.2) is 60.7 Å². The quantitative estimate of drug-likeness (QED) is 0.686. The lowest BCUT2D eigenvalue weighted by molar-refractivity contribution is 0.0280. The molecule has 0 spiro atoms. The highest BCUT2D eigenvalue weighted by Crippen LogP contribution is 2.42. The molecule has 3 aliphatic heterocycles.